The molecule has 0 aromatic heterocycles. The molecule has 0 bridgehead atoms. The molecule has 0 amide bonds. The lowest BCUT2D eigenvalue weighted by molar-refractivity contribution is -0.115. The van der Waals surface area contributed by atoms with E-state index in [-0.39, 0.29) is 23.1 Å². The highest BCUT2D eigenvalue weighted by Gasteiger charge is 1.93. The second-order valence-electron chi connectivity index (χ2n) is 6.39. The largest absolute Gasteiger partial charge is 0.300 e. The van der Waals surface area contributed by atoms with Crippen molar-refractivity contribution >= 4 is 33.3 Å². The predicted molar refractivity (Wildman–Crippen MR) is 157 cm³/mol. The van der Waals surface area contributed by atoms with Gasteiger partial charge in [-0.05, 0) is 41.5 Å². The Balaban J connectivity index is -0.0000000802. The lowest BCUT2D eigenvalue weighted by Crippen LogP contribution is -1.88. The fraction of sp³-hybridized carbons (Fsp3) is 0.448. The number of benzene rings is 2. The minimum Gasteiger partial charge on any atom is -0.300 e. The Morgan fingerprint density at radius 3 is 0.730 bits per heavy atom. The zero-order chi connectivity index (χ0) is 31.0. The van der Waals surface area contributed by atoms with Crippen LogP contribution < -0.4 is 0 Å². The molecule has 0 radical (unpaired) electrons. The number of Topliss-reactive ketones (excluding diaryl/α,β-unsaturated/α-hetero) is 4. The minimum absolute atomic E-state index is 0.121. The molecular formula is C29H50O7S. The van der Waals surface area contributed by atoms with E-state index in [0.29, 0.717) is 6.26 Å². The van der Waals surface area contributed by atoms with Crippen LogP contribution in [0.4, 0.5) is 0 Å². The Labute approximate surface area is 226 Å². The first-order valence-corrected chi connectivity index (χ1v) is 13.9. The van der Waals surface area contributed by atoms with Gasteiger partial charge in [0, 0.05) is 11.1 Å². The zero-order valence-corrected chi connectivity index (χ0v) is 25.9. The molecule has 0 spiro atoms. The first kappa shape index (κ1) is 47.3. The average Bonchev–Trinajstić information content (AvgIpc) is 2.83. The third-order valence-electron chi connectivity index (χ3n) is 2.36. The Morgan fingerprint density at radius 2 is 0.649 bits per heavy atom. The maximum atomic E-state index is 10.6. The summed E-state index contributed by atoms with van der Waals surface area (Å²) >= 11 is 0. The minimum atomic E-state index is -3.67. The highest BCUT2D eigenvalue weighted by atomic mass is 32.2. The van der Waals surface area contributed by atoms with E-state index in [1.54, 1.807) is 13.8 Å². The number of carbonyl (C=O) groups is 4. The van der Waals surface area contributed by atoms with Crippen molar-refractivity contribution in [1.29, 1.82) is 0 Å². The van der Waals surface area contributed by atoms with Crippen molar-refractivity contribution in [2.45, 2.75) is 83.1 Å². The molecule has 0 aliphatic rings. The molecule has 37 heavy (non-hydrogen) atoms. The molecule has 2 aromatic rings. The summed E-state index contributed by atoms with van der Waals surface area (Å²) in [7, 11) is -3.67. The van der Waals surface area contributed by atoms with Gasteiger partial charge in [0.25, 0.3) is 10.1 Å². The molecule has 7 nitrogen and oxygen atoms in total. The standard InChI is InChI=1S/2C8H8O.2C3H6O.3C2H6.CH4O3S/c2*1-7(9)8-5-3-2-4-6-8;2*1-3(2)4;3*1-2;1-5(2,3)4/h2*2-6H,1H3;2*1-2H3;3*1-2H3;1H3,(H,2,3,4). The van der Waals surface area contributed by atoms with Crippen LogP contribution in [0.2, 0.25) is 0 Å². The van der Waals surface area contributed by atoms with Gasteiger partial charge in [0.1, 0.15) is 11.6 Å². The summed E-state index contributed by atoms with van der Waals surface area (Å²) in [5, 5.41) is 0. The van der Waals surface area contributed by atoms with E-state index >= 15 is 0 Å². The lowest BCUT2D eigenvalue weighted by Gasteiger charge is -1.89. The summed E-state index contributed by atoms with van der Waals surface area (Å²) in [6.45, 7) is 21.2. The van der Waals surface area contributed by atoms with Crippen molar-refractivity contribution in [2.75, 3.05) is 6.26 Å². The SMILES string of the molecule is CC.CC.CC.CC(=O)c1ccccc1.CC(=O)c1ccccc1.CC(C)=O.CC(C)=O.CS(=O)(=O)O. The Morgan fingerprint density at radius 1 is 0.514 bits per heavy atom. The molecule has 0 saturated heterocycles. The summed E-state index contributed by atoms with van der Waals surface area (Å²) in [6, 6.07) is 18.5. The number of hydrogen-bond donors (Lipinski definition) is 1. The second kappa shape index (κ2) is 35.2. The zero-order valence-electron chi connectivity index (χ0n) is 25.1. The number of ketones is 4. The fourth-order valence-electron chi connectivity index (χ4n) is 1.35. The monoisotopic (exact) mass is 542 g/mol. The highest BCUT2D eigenvalue weighted by molar-refractivity contribution is 7.85. The van der Waals surface area contributed by atoms with Gasteiger partial charge in [-0.15, -0.1) is 0 Å². The third kappa shape index (κ3) is 71.9. The summed E-state index contributed by atoms with van der Waals surface area (Å²) < 4.78 is 25.9. The molecule has 0 saturated carbocycles. The second-order valence-corrected chi connectivity index (χ2v) is 7.86. The van der Waals surface area contributed by atoms with E-state index in [1.165, 1.54) is 27.7 Å². The van der Waals surface area contributed by atoms with E-state index in [4.69, 9.17) is 4.55 Å². The van der Waals surface area contributed by atoms with Crippen LogP contribution in [0.15, 0.2) is 60.7 Å². The van der Waals surface area contributed by atoms with Crippen LogP contribution in [-0.4, -0.2) is 42.4 Å². The van der Waals surface area contributed by atoms with Gasteiger partial charge in [-0.1, -0.05) is 102 Å². The number of carbonyl (C=O) groups excluding carboxylic acids is 4. The van der Waals surface area contributed by atoms with Crippen LogP contribution in [0.25, 0.3) is 0 Å². The molecule has 8 heteroatoms. The number of hydrogen-bond acceptors (Lipinski definition) is 6. The predicted octanol–water partition coefficient (Wildman–Crippen LogP) is 7.55. The first-order chi connectivity index (χ1) is 17.1. The maximum absolute atomic E-state index is 10.6. The van der Waals surface area contributed by atoms with E-state index < -0.39 is 10.1 Å². The molecule has 214 valence electrons. The van der Waals surface area contributed by atoms with Gasteiger partial charge < -0.3 is 9.59 Å². The summed E-state index contributed by atoms with van der Waals surface area (Å²) in [5.41, 5.74) is 1.55. The third-order valence-corrected chi connectivity index (χ3v) is 2.36. The van der Waals surface area contributed by atoms with Crippen molar-refractivity contribution in [3.05, 3.63) is 71.8 Å². The number of rotatable bonds is 2. The van der Waals surface area contributed by atoms with Crippen molar-refractivity contribution < 1.29 is 32.1 Å². The van der Waals surface area contributed by atoms with E-state index in [1.807, 2.05) is 102 Å². The van der Waals surface area contributed by atoms with Crippen LogP contribution in [0.3, 0.4) is 0 Å². The molecule has 0 atom stereocenters. The van der Waals surface area contributed by atoms with Crippen molar-refractivity contribution in [3.8, 4) is 0 Å². The van der Waals surface area contributed by atoms with Crippen LogP contribution in [0.1, 0.15) is 104 Å². The van der Waals surface area contributed by atoms with Gasteiger partial charge in [-0.2, -0.15) is 8.42 Å². The van der Waals surface area contributed by atoms with E-state index in [9.17, 15) is 27.6 Å². The van der Waals surface area contributed by atoms with Gasteiger partial charge in [0.15, 0.2) is 11.6 Å². The van der Waals surface area contributed by atoms with Gasteiger partial charge in [0.05, 0.1) is 6.26 Å². The van der Waals surface area contributed by atoms with Crippen molar-refractivity contribution in [3.63, 3.8) is 0 Å². The molecule has 2 rings (SSSR count). The molecule has 0 aliphatic heterocycles. The molecule has 2 aromatic carbocycles. The smallest absolute Gasteiger partial charge is 0.261 e. The molecule has 0 aliphatic carbocycles. The Kier molecular flexibility index (Phi) is 44.9. The van der Waals surface area contributed by atoms with Crippen LogP contribution in [0, 0.1) is 0 Å². The van der Waals surface area contributed by atoms with Crippen molar-refractivity contribution in [2.24, 2.45) is 0 Å². The summed E-state index contributed by atoms with van der Waals surface area (Å²) in [5.74, 6) is 0.575. The van der Waals surface area contributed by atoms with Gasteiger partial charge in [0.2, 0.25) is 0 Å². The molecular weight excluding hydrogens is 492 g/mol. The Hall–Kier alpha value is -2.97. The maximum Gasteiger partial charge on any atom is 0.261 e. The molecule has 0 unspecified atom stereocenters. The lowest BCUT2D eigenvalue weighted by atomic mass is 10.2. The van der Waals surface area contributed by atoms with Crippen LogP contribution >= 0.6 is 0 Å². The van der Waals surface area contributed by atoms with Gasteiger partial charge in [-0.25, -0.2) is 0 Å². The van der Waals surface area contributed by atoms with Gasteiger partial charge >= 0.3 is 0 Å². The topological polar surface area (TPSA) is 123 Å². The molecule has 1 N–H and O–H groups in total. The fourth-order valence-corrected chi connectivity index (χ4v) is 1.35. The molecule has 0 fully saturated rings. The Bertz CT molecular complexity index is 813. The highest BCUT2D eigenvalue weighted by Crippen LogP contribution is 1.98. The van der Waals surface area contributed by atoms with Crippen LogP contribution in [-0.2, 0) is 19.7 Å². The van der Waals surface area contributed by atoms with E-state index in [0.717, 1.165) is 11.1 Å². The summed E-state index contributed by atoms with van der Waals surface area (Å²) in [6.07, 6.45) is 0.715. The van der Waals surface area contributed by atoms with Gasteiger partial charge in [-0.3, -0.25) is 14.1 Å². The molecule has 0 heterocycles. The van der Waals surface area contributed by atoms with E-state index in [2.05, 4.69) is 0 Å². The average molecular weight is 543 g/mol. The quantitative estimate of drug-likeness (QED) is 0.307. The summed E-state index contributed by atoms with van der Waals surface area (Å²) in [4.78, 5) is 40.2. The van der Waals surface area contributed by atoms with Crippen molar-refractivity contribution in [1.82, 2.24) is 0 Å². The van der Waals surface area contributed by atoms with Crippen LogP contribution in [0.5, 0.6) is 0 Å². The normalized spacial score (nSPS) is 7.84. The first-order valence-electron chi connectivity index (χ1n) is 12.1.